The molecule has 6 atom stereocenters. The molecule has 104 valence electrons. The Morgan fingerprint density at radius 3 is 2.67 bits per heavy atom. The molecule has 2 rings (SSSR count). The van der Waals surface area contributed by atoms with Crippen LogP contribution in [-0.4, -0.2) is 40.5 Å². The number of nitrogens with one attached hydrogen (secondary N) is 1. The largest absolute Gasteiger partial charge is 0.393 e. The quantitative estimate of drug-likeness (QED) is 0.660. The SMILES string of the molecule is NC(=O)[C@H]1C[C@@H](C2C(O)CCC(Cl)C2Cl)CCN1. The predicted molar refractivity (Wildman–Crippen MR) is 71.7 cm³/mol. The van der Waals surface area contributed by atoms with Crippen molar-refractivity contribution in [3.8, 4) is 0 Å². The molecule has 4 nitrogen and oxygen atoms in total. The molecule has 2 fully saturated rings. The second-order valence-electron chi connectivity index (χ2n) is 5.38. The molecule has 0 bridgehead atoms. The summed E-state index contributed by atoms with van der Waals surface area (Å²) < 4.78 is 0. The van der Waals surface area contributed by atoms with Gasteiger partial charge in [0.15, 0.2) is 0 Å². The molecule has 0 radical (unpaired) electrons. The Balaban J connectivity index is 2.06. The van der Waals surface area contributed by atoms with E-state index in [1.807, 2.05) is 0 Å². The molecule has 18 heavy (non-hydrogen) atoms. The maximum Gasteiger partial charge on any atom is 0.234 e. The zero-order valence-electron chi connectivity index (χ0n) is 10.2. The van der Waals surface area contributed by atoms with Crippen LogP contribution in [0.2, 0.25) is 0 Å². The van der Waals surface area contributed by atoms with Gasteiger partial charge in [0.1, 0.15) is 0 Å². The van der Waals surface area contributed by atoms with E-state index in [0.29, 0.717) is 12.8 Å². The van der Waals surface area contributed by atoms with Crippen molar-refractivity contribution in [3.63, 3.8) is 0 Å². The molecular formula is C12H20Cl2N2O2. The minimum Gasteiger partial charge on any atom is -0.393 e. The van der Waals surface area contributed by atoms with Gasteiger partial charge in [-0.1, -0.05) is 0 Å². The van der Waals surface area contributed by atoms with Gasteiger partial charge in [0.05, 0.1) is 22.9 Å². The summed E-state index contributed by atoms with van der Waals surface area (Å²) >= 11 is 12.6. The van der Waals surface area contributed by atoms with Crippen molar-refractivity contribution in [2.24, 2.45) is 17.6 Å². The lowest BCUT2D eigenvalue weighted by molar-refractivity contribution is -0.121. The molecule has 4 N–H and O–H groups in total. The summed E-state index contributed by atoms with van der Waals surface area (Å²) in [5, 5.41) is 12.9. The summed E-state index contributed by atoms with van der Waals surface area (Å²) in [5.74, 6) is -0.159. The predicted octanol–water partition coefficient (Wildman–Crippen LogP) is 0.826. The van der Waals surface area contributed by atoms with Crippen molar-refractivity contribution < 1.29 is 9.90 Å². The first-order chi connectivity index (χ1) is 8.50. The fourth-order valence-electron chi connectivity index (χ4n) is 3.22. The Morgan fingerprint density at radius 2 is 2.00 bits per heavy atom. The Hall–Kier alpha value is -0.0300. The molecule has 1 aliphatic carbocycles. The molecule has 1 heterocycles. The van der Waals surface area contributed by atoms with Crippen LogP contribution >= 0.6 is 23.2 Å². The lowest BCUT2D eigenvalue weighted by Gasteiger charge is -2.42. The second-order valence-corrected chi connectivity index (χ2v) is 6.44. The van der Waals surface area contributed by atoms with E-state index < -0.39 is 6.10 Å². The van der Waals surface area contributed by atoms with Crippen LogP contribution in [0.1, 0.15) is 25.7 Å². The Kier molecular flexibility index (Phi) is 4.75. The topological polar surface area (TPSA) is 75.4 Å². The number of aliphatic hydroxyl groups excluding tert-OH is 1. The van der Waals surface area contributed by atoms with E-state index in [2.05, 4.69) is 5.32 Å². The minimum absolute atomic E-state index is 0.0353. The van der Waals surface area contributed by atoms with Crippen LogP contribution in [0.4, 0.5) is 0 Å². The van der Waals surface area contributed by atoms with Crippen LogP contribution in [-0.2, 0) is 4.79 Å². The lowest BCUT2D eigenvalue weighted by atomic mass is 9.72. The number of nitrogens with two attached hydrogens (primary N) is 1. The molecule has 0 aromatic carbocycles. The van der Waals surface area contributed by atoms with Gasteiger partial charge in [-0.3, -0.25) is 4.79 Å². The molecule has 2 aliphatic rings. The van der Waals surface area contributed by atoms with Gasteiger partial charge in [-0.15, -0.1) is 23.2 Å². The smallest absolute Gasteiger partial charge is 0.234 e. The van der Waals surface area contributed by atoms with Crippen molar-refractivity contribution in [1.82, 2.24) is 5.32 Å². The highest BCUT2D eigenvalue weighted by atomic mass is 35.5. The third-order valence-corrected chi connectivity index (χ3v) is 5.44. The fraction of sp³-hybridized carbons (Fsp3) is 0.917. The van der Waals surface area contributed by atoms with Crippen molar-refractivity contribution in [1.29, 1.82) is 0 Å². The van der Waals surface area contributed by atoms with E-state index >= 15 is 0 Å². The van der Waals surface area contributed by atoms with Gasteiger partial charge in [-0.05, 0) is 38.1 Å². The fourth-order valence-corrected chi connectivity index (χ4v) is 4.02. The summed E-state index contributed by atoms with van der Waals surface area (Å²) in [5.41, 5.74) is 5.33. The number of carbonyl (C=O) groups is 1. The molecule has 0 spiro atoms. The number of hydrogen-bond acceptors (Lipinski definition) is 3. The minimum atomic E-state index is -0.417. The number of aliphatic hydroxyl groups is 1. The van der Waals surface area contributed by atoms with Crippen LogP contribution in [0.5, 0.6) is 0 Å². The molecule has 1 saturated carbocycles. The van der Waals surface area contributed by atoms with E-state index in [1.54, 1.807) is 0 Å². The monoisotopic (exact) mass is 294 g/mol. The van der Waals surface area contributed by atoms with Crippen LogP contribution in [0.15, 0.2) is 0 Å². The van der Waals surface area contributed by atoms with Crippen LogP contribution in [0, 0.1) is 11.8 Å². The third kappa shape index (κ3) is 2.93. The van der Waals surface area contributed by atoms with Crippen molar-refractivity contribution in [2.75, 3.05) is 6.54 Å². The highest BCUT2D eigenvalue weighted by Crippen LogP contribution is 2.40. The number of piperidine rings is 1. The van der Waals surface area contributed by atoms with Gasteiger partial charge in [-0.25, -0.2) is 0 Å². The Bertz CT molecular complexity index is 316. The highest BCUT2D eigenvalue weighted by molar-refractivity contribution is 6.30. The van der Waals surface area contributed by atoms with Gasteiger partial charge in [0.25, 0.3) is 0 Å². The number of alkyl halides is 2. The summed E-state index contributed by atoms with van der Waals surface area (Å²) in [4.78, 5) is 11.2. The van der Waals surface area contributed by atoms with Gasteiger partial charge < -0.3 is 16.2 Å². The third-order valence-electron chi connectivity index (χ3n) is 4.23. The van der Waals surface area contributed by atoms with Crippen LogP contribution < -0.4 is 11.1 Å². The molecule has 0 aromatic heterocycles. The van der Waals surface area contributed by atoms with Gasteiger partial charge in [-0.2, -0.15) is 0 Å². The molecule has 1 amide bonds. The molecule has 1 aliphatic heterocycles. The summed E-state index contributed by atoms with van der Waals surface area (Å²) in [7, 11) is 0. The molecule has 6 heteroatoms. The number of halogens is 2. The van der Waals surface area contributed by atoms with E-state index in [1.165, 1.54) is 0 Å². The summed E-state index contributed by atoms with van der Waals surface area (Å²) in [6.07, 6.45) is 2.56. The number of amides is 1. The average Bonchev–Trinajstić information content (AvgIpc) is 2.35. The van der Waals surface area contributed by atoms with Crippen LogP contribution in [0.25, 0.3) is 0 Å². The Labute approximate surface area is 117 Å². The number of primary amides is 1. The molecular weight excluding hydrogens is 275 g/mol. The van der Waals surface area contributed by atoms with Gasteiger partial charge in [0, 0.05) is 5.92 Å². The molecule has 1 saturated heterocycles. The summed E-state index contributed by atoms with van der Waals surface area (Å²) in [6, 6.07) is -0.310. The highest BCUT2D eigenvalue weighted by Gasteiger charge is 2.43. The van der Waals surface area contributed by atoms with E-state index in [9.17, 15) is 9.90 Å². The van der Waals surface area contributed by atoms with E-state index in [-0.39, 0.29) is 34.5 Å². The maximum atomic E-state index is 11.2. The van der Waals surface area contributed by atoms with E-state index in [4.69, 9.17) is 28.9 Å². The van der Waals surface area contributed by atoms with E-state index in [0.717, 1.165) is 19.4 Å². The standard InChI is InChI=1S/C12H20Cl2N2O2/c13-7-1-2-9(17)10(11(7)14)6-3-4-16-8(5-6)12(15)18/h6-11,16-17H,1-5H2,(H2,15,18)/t6-,7?,8+,9?,10?,11?/m0/s1. The number of hydrogen-bond donors (Lipinski definition) is 3. The van der Waals surface area contributed by atoms with Crippen molar-refractivity contribution >= 4 is 29.1 Å². The normalized spacial score (nSPS) is 45.7. The first kappa shape index (κ1) is 14.4. The van der Waals surface area contributed by atoms with Crippen molar-refractivity contribution in [2.45, 2.75) is 48.6 Å². The second kappa shape index (κ2) is 5.95. The molecule has 4 unspecified atom stereocenters. The number of rotatable bonds is 2. The van der Waals surface area contributed by atoms with Crippen LogP contribution in [0.3, 0.4) is 0 Å². The lowest BCUT2D eigenvalue weighted by Crippen LogP contribution is -2.52. The zero-order chi connectivity index (χ0) is 13.3. The Morgan fingerprint density at radius 1 is 1.28 bits per heavy atom. The average molecular weight is 295 g/mol. The molecule has 0 aromatic rings. The first-order valence-corrected chi connectivity index (χ1v) is 7.37. The van der Waals surface area contributed by atoms with Gasteiger partial charge >= 0.3 is 0 Å². The maximum absolute atomic E-state index is 11.2. The number of carbonyl (C=O) groups excluding carboxylic acids is 1. The van der Waals surface area contributed by atoms with Gasteiger partial charge in [0.2, 0.25) is 5.91 Å². The zero-order valence-corrected chi connectivity index (χ0v) is 11.7. The summed E-state index contributed by atoms with van der Waals surface area (Å²) in [6.45, 7) is 0.734. The van der Waals surface area contributed by atoms with Crippen molar-refractivity contribution in [3.05, 3.63) is 0 Å². The first-order valence-electron chi connectivity index (χ1n) is 6.49.